The van der Waals surface area contributed by atoms with E-state index >= 15 is 0 Å². The van der Waals surface area contributed by atoms with Gasteiger partial charge in [0.25, 0.3) is 5.91 Å². The van der Waals surface area contributed by atoms with E-state index in [9.17, 15) is 14.0 Å². The summed E-state index contributed by atoms with van der Waals surface area (Å²) >= 11 is 0. The molecule has 0 aliphatic heterocycles. The van der Waals surface area contributed by atoms with Crippen molar-refractivity contribution in [3.63, 3.8) is 0 Å². The van der Waals surface area contributed by atoms with Crippen LogP contribution in [-0.2, 0) is 21.4 Å². The number of ether oxygens (including phenoxy) is 1. The van der Waals surface area contributed by atoms with Crippen LogP contribution in [0.5, 0.6) is 0 Å². The molecule has 2 rings (SSSR count). The number of amides is 1. The molecule has 0 saturated heterocycles. The molecule has 1 N–H and O–H groups in total. The Morgan fingerprint density at radius 3 is 2.23 bits per heavy atom. The molecule has 5 heteroatoms. The Morgan fingerprint density at radius 1 is 1.08 bits per heavy atom. The minimum absolute atomic E-state index is 0.0190. The topological polar surface area (TPSA) is 55.4 Å². The van der Waals surface area contributed by atoms with Gasteiger partial charge in [0, 0.05) is 12.0 Å². The second-order valence-corrected chi connectivity index (χ2v) is 7.17. The first-order valence-corrected chi connectivity index (χ1v) is 8.45. The zero-order chi connectivity index (χ0) is 19.3. The van der Waals surface area contributed by atoms with E-state index in [0.29, 0.717) is 11.1 Å². The molecule has 0 fully saturated rings. The van der Waals surface area contributed by atoms with Crippen LogP contribution in [-0.4, -0.2) is 25.0 Å². The van der Waals surface area contributed by atoms with E-state index in [1.165, 1.54) is 13.2 Å². The van der Waals surface area contributed by atoms with Gasteiger partial charge < -0.3 is 10.1 Å². The van der Waals surface area contributed by atoms with Crippen LogP contribution in [0, 0.1) is 5.82 Å². The van der Waals surface area contributed by atoms with Crippen LogP contribution in [0.25, 0.3) is 0 Å². The van der Waals surface area contributed by atoms with Crippen LogP contribution in [0.15, 0.2) is 48.5 Å². The predicted molar refractivity (Wildman–Crippen MR) is 98.5 cm³/mol. The third-order valence-corrected chi connectivity index (χ3v) is 4.19. The minimum atomic E-state index is -0.966. The third kappa shape index (κ3) is 4.91. The Hall–Kier alpha value is -2.69. The number of hydrogen-bond donors (Lipinski definition) is 1. The first-order chi connectivity index (χ1) is 12.2. The first kappa shape index (κ1) is 19.6. The summed E-state index contributed by atoms with van der Waals surface area (Å²) in [6, 6.07) is 12.4. The van der Waals surface area contributed by atoms with Crippen molar-refractivity contribution in [2.75, 3.05) is 7.11 Å². The number of halogens is 1. The van der Waals surface area contributed by atoms with E-state index in [-0.39, 0.29) is 11.8 Å². The second kappa shape index (κ2) is 8.13. The van der Waals surface area contributed by atoms with Gasteiger partial charge in [-0.05, 0) is 34.7 Å². The Morgan fingerprint density at radius 2 is 1.69 bits per heavy atom. The van der Waals surface area contributed by atoms with E-state index in [4.69, 9.17) is 4.74 Å². The van der Waals surface area contributed by atoms with Crippen LogP contribution in [0.1, 0.15) is 42.3 Å². The van der Waals surface area contributed by atoms with Gasteiger partial charge in [-0.15, -0.1) is 0 Å². The molecule has 0 heterocycles. The molecule has 0 aliphatic rings. The molecule has 0 aromatic heterocycles. The van der Waals surface area contributed by atoms with Gasteiger partial charge in [-0.3, -0.25) is 4.79 Å². The van der Waals surface area contributed by atoms with Crippen molar-refractivity contribution in [1.29, 1.82) is 0 Å². The smallest absolute Gasteiger partial charge is 0.328 e. The highest BCUT2D eigenvalue weighted by Gasteiger charge is 2.24. The summed E-state index contributed by atoms with van der Waals surface area (Å²) in [4.78, 5) is 24.5. The van der Waals surface area contributed by atoms with Gasteiger partial charge in [0.2, 0.25) is 0 Å². The zero-order valence-corrected chi connectivity index (χ0v) is 15.5. The third-order valence-electron chi connectivity index (χ3n) is 4.19. The molecule has 138 valence electrons. The van der Waals surface area contributed by atoms with Crippen molar-refractivity contribution in [2.45, 2.75) is 38.6 Å². The van der Waals surface area contributed by atoms with Crippen molar-refractivity contribution in [2.24, 2.45) is 0 Å². The van der Waals surface area contributed by atoms with Gasteiger partial charge in [-0.25, -0.2) is 9.18 Å². The Kier molecular flexibility index (Phi) is 6.14. The summed E-state index contributed by atoms with van der Waals surface area (Å²) in [5.74, 6) is -1.45. The molecule has 4 nitrogen and oxygen atoms in total. The van der Waals surface area contributed by atoms with Gasteiger partial charge in [0.15, 0.2) is 0 Å². The molecule has 0 aliphatic carbocycles. The molecule has 1 atom stereocenters. The summed E-state index contributed by atoms with van der Waals surface area (Å²) in [7, 11) is 1.24. The van der Waals surface area contributed by atoms with Crippen molar-refractivity contribution >= 4 is 11.9 Å². The van der Waals surface area contributed by atoms with Crippen LogP contribution in [0.4, 0.5) is 4.39 Å². The van der Waals surface area contributed by atoms with E-state index in [2.05, 4.69) is 26.1 Å². The molecule has 1 amide bonds. The predicted octanol–water partition coefficient (Wildman–Crippen LogP) is 3.64. The number of carbonyl (C=O) groups excluding carboxylic acids is 2. The maximum atomic E-state index is 13.9. The molecule has 0 radical (unpaired) electrons. The maximum Gasteiger partial charge on any atom is 0.328 e. The van der Waals surface area contributed by atoms with E-state index in [1.807, 2.05) is 12.1 Å². The lowest BCUT2D eigenvalue weighted by Crippen LogP contribution is -2.43. The van der Waals surface area contributed by atoms with Crippen LogP contribution in [0.3, 0.4) is 0 Å². The lowest BCUT2D eigenvalue weighted by molar-refractivity contribution is -0.142. The quantitative estimate of drug-likeness (QED) is 0.831. The van der Waals surface area contributed by atoms with Crippen molar-refractivity contribution in [3.8, 4) is 0 Å². The average Bonchev–Trinajstić information content (AvgIpc) is 2.61. The largest absolute Gasteiger partial charge is 0.467 e. The molecule has 2 aromatic rings. The van der Waals surface area contributed by atoms with Crippen molar-refractivity contribution in [3.05, 3.63) is 71.0 Å². The summed E-state index contributed by atoms with van der Waals surface area (Å²) in [5.41, 5.74) is 1.85. The Labute approximate surface area is 153 Å². The highest BCUT2D eigenvalue weighted by molar-refractivity contribution is 5.96. The van der Waals surface area contributed by atoms with Gasteiger partial charge in [-0.2, -0.15) is 0 Å². The Balaban J connectivity index is 2.16. The van der Waals surface area contributed by atoms with E-state index in [1.54, 1.807) is 30.3 Å². The van der Waals surface area contributed by atoms with Crippen LogP contribution >= 0.6 is 0 Å². The number of rotatable bonds is 5. The maximum absolute atomic E-state index is 13.9. The fourth-order valence-electron chi connectivity index (χ4n) is 2.58. The SMILES string of the molecule is COC(=O)[C@@H](Cc1ccccc1F)NC(=O)c1ccc(C(C)(C)C)cc1. The van der Waals surface area contributed by atoms with Crippen LogP contribution in [0.2, 0.25) is 0 Å². The van der Waals surface area contributed by atoms with Gasteiger partial charge in [0.05, 0.1) is 7.11 Å². The summed E-state index contributed by atoms with van der Waals surface area (Å²) in [6.07, 6.45) is 0.0190. The highest BCUT2D eigenvalue weighted by Crippen LogP contribution is 2.22. The van der Waals surface area contributed by atoms with Crippen molar-refractivity contribution < 1.29 is 18.7 Å². The summed E-state index contributed by atoms with van der Waals surface area (Å²) < 4.78 is 18.6. The lowest BCUT2D eigenvalue weighted by atomic mass is 9.86. The number of benzene rings is 2. The summed E-state index contributed by atoms with van der Waals surface area (Å²) in [5, 5.41) is 2.64. The van der Waals surface area contributed by atoms with Gasteiger partial charge >= 0.3 is 5.97 Å². The molecule has 0 spiro atoms. The average molecular weight is 357 g/mol. The fourth-order valence-corrected chi connectivity index (χ4v) is 2.58. The monoisotopic (exact) mass is 357 g/mol. The van der Waals surface area contributed by atoms with Gasteiger partial charge in [-0.1, -0.05) is 51.1 Å². The minimum Gasteiger partial charge on any atom is -0.467 e. The number of nitrogens with one attached hydrogen (secondary N) is 1. The molecule has 26 heavy (non-hydrogen) atoms. The van der Waals surface area contributed by atoms with E-state index in [0.717, 1.165) is 5.56 Å². The zero-order valence-electron chi connectivity index (χ0n) is 15.5. The Bertz CT molecular complexity index is 779. The van der Waals surface area contributed by atoms with Crippen molar-refractivity contribution in [1.82, 2.24) is 5.32 Å². The molecular weight excluding hydrogens is 333 g/mol. The molecular formula is C21H24FNO3. The first-order valence-electron chi connectivity index (χ1n) is 8.45. The lowest BCUT2D eigenvalue weighted by Gasteiger charge is -2.20. The van der Waals surface area contributed by atoms with E-state index < -0.39 is 23.7 Å². The fraction of sp³-hybridized carbons (Fsp3) is 0.333. The molecule has 0 bridgehead atoms. The van der Waals surface area contributed by atoms with Gasteiger partial charge in [0.1, 0.15) is 11.9 Å². The second-order valence-electron chi connectivity index (χ2n) is 7.17. The molecule has 0 unspecified atom stereocenters. The number of esters is 1. The number of methoxy groups -OCH3 is 1. The standard InChI is InChI=1S/C21H24FNO3/c1-21(2,3)16-11-9-14(10-12-16)19(24)23-18(20(25)26-4)13-15-7-5-6-8-17(15)22/h5-12,18H,13H2,1-4H3,(H,23,24)/t18-/m1/s1. The number of carbonyl (C=O) groups is 2. The highest BCUT2D eigenvalue weighted by atomic mass is 19.1. The summed E-state index contributed by atoms with van der Waals surface area (Å²) in [6.45, 7) is 6.26. The molecule has 2 aromatic carbocycles. The molecule has 0 saturated carbocycles. The number of hydrogen-bond acceptors (Lipinski definition) is 3. The van der Waals surface area contributed by atoms with Crippen LogP contribution < -0.4 is 5.32 Å². The normalized spacial score (nSPS) is 12.3.